The Morgan fingerprint density at radius 3 is 3.00 bits per heavy atom. The van der Waals surface area contributed by atoms with Gasteiger partial charge in [0.15, 0.2) is 0 Å². The van der Waals surface area contributed by atoms with E-state index in [9.17, 15) is 9.18 Å². The third-order valence-corrected chi connectivity index (χ3v) is 2.88. The molecule has 0 radical (unpaired) electrons. The molecule has 0 unspecified atom stereocenters. The summed E-state index contributed by atoms with van der Waals surface area (Å²) in [5, 5.41) is 5.75. The summed E-state index contributed by atoms with van der Waals surface area (Å²) >= 11 is 0. The molecule has 0 spiro atoms. The molecule has 0 saturated carbocycles. The number of halogens is 1. The normalized spacial score (nSPS) is 10.4. The van der Waals surface area contributed by atoms with Gasteiger partial charge in [-0.3, -0.25) is 4.79 Å². The van der Waals surface area contributed by atoms with Gasteiger partial charge in [-0.05, 0) is 24.6 Å². The Labute approximate surface area is 122 Å². The van der Waals surface area contributed by atoms with E-state index >= 15 is 0 Å². The highest BCUT2D eigenvalue weighted by molar-refractivity contribution is 5.98. The van der Waals surface area contributed by atoms with E-state index in [2.05, 4.69) is 15.6 Å². The molecule has 0 bridgehead atoms. The van der Waals surface area contributed by atoms with Gasteiger partial charge in [0.2, 0.25) is 0 Å². The summed E-state index contributed by atoms with van der Waals surface area (Å²) in [6, 6.07) is 4.82. The third-order valence-electron chi connectivity index (χ3n) is 2.88. The average molecular weight is 291 g/mol. The van der Waals surface area contributed by atoms with Gasteiger partial charge in [-0.25, -0.2) is 9.37 Å². The number of nitrogens with one attached hydrogen (secondary N) is 2. The summed E-state index contributed by atoms with van der Waals surface area (Å²) in [7, 11) is 0. The summed E-state index contributed by atoms with van der Waals surface area (Å²) in [6.07, 6.45) is 4.15. The fraction of sp³-hybridized carbons (Fsp3) is 0.333. The first-order valence-electron chi connectivity index (χ1n) is 6.90. The number of aromatic nitrogens is 1. The van der Waals surface area contributed by atoms with Crippen LogP contribution >= 0.6 is 0 Å². The van der Waals surface area contributed by atoms with Crippen LogP contribution in [0.2, 0.25) is 0 Å². The first-order chi connectivity index (χ1) is 10.2. The first kappa shape index (κ1) is 15.0. The Morgan fingerprint density at radius 1 is 1.43 bits per heavy atom. The molecule has 6 heteroatoms. The van der Waals surface area contributed by atoms with Gasteiger partial charge in [-0.2, -0.15) is 0 Å². The van der Waals surface area contributed by atoms with Crippen LogP contribution in [0.3, 0.4) is 0 Å². The van der Waals surface area contributed by atoms with Gasteiger partial charge < -0.3 is 15.1 Å². The van der Waals surface area contributed by atoms with Crippen molar-refractivity contribution in [2.45, 2.75) is 19.8 Å². The zero-order chi connectivity index (χ0) is 15.1. The molecule has 2 aromatic rings. The Kier molecular flexibility index (Phi) is 5.31. The van der Waals surface area contributed by atoms with Crippen LogP contribution in [0.25, 0.3) is 0 Å². The molecule has 0 aliphatic heterocycles. The van der Waals surface area contributed by atoms with E-state index < -0.39 is 5.82 Å². The van der Waals surface area contributed by atoms with Crippen LogP contribution < -0.4 is 10.6 Å². The van der Waals surface area contributed by atoms with Crippen molar-refractivity contribution in [3.8, 4) is 0 Å². The standard InChI is InChI=1S/C15H18FN3O2/c1-2-6-17-14-13(9-11(16)10-19-14)15(20)18-7-5-12-4-3-8-21-12/h3-4,8-10H,2,5-7H2,1H3,(H,17,19)(H,18,20). The second-order valence-electron chi connectivity index (χ2n) is 4.56. The monoisotopic (exact) mass is 291 g/mol. The van der Waals surface area contributed by atoms with Gasteiger partial charge in [0.1, 0.15) is 17.4 Å². The SMILES string of the molecule is CCCNc1ncc(F)cc1C(=O)NCCc1ccco1. The maximum atomic E-state index is 13.3. The van der Waals surface area contributed by atoms with Crippen molar-refractivity contribution in [1.82, 2.24) is 10.3 Å². The number of hydrogen-bond donors (Lipinski definition) is 2. The molecule has 0 saturated heterocycles. The molecule has 2 rings (SSSR count). The third kappa shape index (κ3) is 4.30. The van der Waals surface area contributed by atoms with Gasteiger partial charge in [0, 0.05) is 19.5 Å². The van der Waals surface area contributed by atoms with Crippen LogP contribution in [0.4, 0.5) is 10.2 Å². The molecule has 1 amide bonds. The fourth-order valence-electron chi connectivity index (χ4n) is 1.85. The summed E-state index contributed by atoms with van der Waals surface area (Å²) in [4.78, 5) is 16.1. The molecule has 112 valence electrons. The van der Waals surface area contributed by atoms with Crippen LogP contribution in [-0.4, -0.2) is 24.0 Å². The lowest BCUT2D eigenvalue weighted by Gasteiger charge is -2.10. The predicted molar refractivity (Wildman–Crippen MR) is 77.7 cm³/mol. The fourth-order valence-corrected chi connectivity index (χ4v) is 1.85. The number of amides is 1. The van der Waals surface area contributed by atoms with E-state index in [4.69, 9.17) is 4.42 Å². The molecule has 0 aliphatic carbocycles. The summed E-state index contributed by atoms with van der Waals surface area (Å²) in [6.45, 7) is 3.08. The highest BCUT2D eigenvalue weighted by Gasteiger charge is 2.13. The zero-order valence-corrected chi connectivity index (χ0v) is 11.9. The lowest BCUT2D eigenvalue weighted by atomic mass is 10.2. The van der Waals surface area contributed by atoms with E-state index in [0.29, 0.717) is 25.3 Å². The topological polar surface area (TPSA) is 67.2 Å². The molecular weight excluding hydrogens is 273 g/mol. The van der Waals surface area contributed by atoms with Crippen molar-refractivity contribution in [1.29, 1.82) is 0 Å². The van der Waals surface area contributed by atoms with Gasteiger partial charge >= 0.3 is 0 Å². The number of pyridine rings is 1. The van der Waals surface area contributed by atoms with Gasteiger partial charge in [0.05, 0.1) is 18.0 Å². The molecule has 0 aliphatic rings. The maximum absolute atomic E-state index is 13.3. The number of hydrogen-bond acceptors (Lipinski definition) is 4. The van der Waals surface area contributed by atoms with Crippen molar-refractivity contribution in [2.24, 2.45) is 0 Å². The largest absolute Gasteiger partial charge is 0.469 e. The number of carbonyl (C=O) groups is 1. The Morgan fingerprint density at radius 2 is 2.29 bits per heavy atom. The summed E-state index contributed by atoms with van der Waals surface area (Å²) < 4.78 is 18.5. The zero-order valence-electron chi connectivity index (χ0n) is 11.9. The Hall–Kier alpha value is -2.37. The van der Waals surface area contributed by atoms with Crippen molar-refractivity contribution in [3.63, 3.8) is 0 Å². The van der Waals surface area contributed by atoms with Gasteiger partial charge in [0.25, 0.3) is 5.91 Å². The molecule has 0 aromatic carbocycles. The predicted octanol–water partition coefficient (Wildman–Crippen LogP) is 2.61. The van der Waals surface area contributed by atoms with E-state index in [-0.39, 0.29) is 11.5 Å². The van der Waals surface area contributed by atoms with E-state index in [1.54, 1.807) is 12.3 Å². The quantitative estimate of drug-likeness (QED) is 0.823. The van der Waals surface area contributed by atoms with Crippen LogP contribution in [0, 0.1) is 5.82 Å². The van der Waals surface area contributed by atoms with Crippen LogP contribution in [-0.2, 0) is 6.42 Å². The van der Waals surface area contributed by atoms with Crippen molar-refractivity contribution in [2.75, 3.05) is 18.4 Å². The lowest BCUT2D eigenvalue weighted by Crippen LogP contribution is -2.27. The van der Waals surface area contributed by atoms with E-state index in [1.807, 2.05) is 13.0 Å². The number of carbonyl (C=O) groups excluding carboxylic acids is 1. The number of furan rings is 1. The highest BCUT2D eigenvalue weighted by Crippen LogP contribution is 2.13. The minimum atomic E-state index is -0.534. The van der Waals surface area contributed by atoms with Crippen molar-refractivity contribution >= 4 is 11.7 Å². The average Bonchev–Trinajstić information content (AvgIpc) is 2.99. The van der Waals surface area contributed by atoms with E-state index in [0.717, 1.165) is 18.4 Å². The minimum absolute atomic E-state index is 0.211. The number of anilines is 1. The molecule has 2 heterocycles. The Balaban J connectivity index is 1.98. The summed E-state index contributed by atoms with van der Waals surface area (Å²) in [5.41, 5.74) is 0.211. The van der Waals surface area contributed by atoms with Gasteiger partial charge in [-0.1, -0.05) is 6.92 Å². The highest BCUT2D eigenvalue weighted by atomic mass is 19.1. The lowest BCUT2D eigenvalue weighted by molar-refractivity contribution is 0.0953. The molecular formula is C15H18FN3O2. The summed E-state index contributed by atoms with van der Waals surface area (Å²) in [5.74, 6) is 0.297. The smallest absolute Gasteiger partial charge is 0.255 e. The van der Waals surface area contributed by atoms with Crippen LogP contribution in [0.15, 0.2) is 35.1 Å². The first-order valence-corrected chi connectivity index (χ1v) is 6.90. The molecule has 0 atom stereocenters. The minimum Gasteiger partial charge on any atom is -0.469 e. The number of nitrogens with zero attached hydrogens (tertiary/aromatic N) is 1. The maximum Gasteiger partial charge on any atom is 0.255 e. The molecule has 2 N–H and O–H groups in total. The van der Waals surface area contributed by atoms with E-state index in [1.165, 1.54) is 6.07 Å². The Bertz CT molecular complexity index is 585. The van der Waals surface area contributed by atoms with Crippen LogP contribution in [0.1, 0.15) is 29.5 Å². The molecule has 21 heavy (non-hydrogen) atoms. The van der Waals surface area contributed by atoms with Crippen LogP contribution in [0.5, 0.6) is 0 Å². The second kappa shape index (κ2) is 7.42. The van der Waals surface area contributed by atoms with Crippen molar-refractivity contribution in [3.05, 3.63) is 47.8 Å². The van der Waals surface area contributed by atoms with Gasteiger partial charge in [-0.15, -0.1) is 0 Å². The second-order valence-corrected chi connectivity index (χ2v) is 4.56. The molecule has 2 aromatic heterocycles. The van der Waals surface area contributed by atoms with Crippen molar-refractivity contribution < 1.29 is 13.6 Å². The molecule has 5 nitrogen and oxygen atoms in total. The number of rotatable bonds is 7. The molecule has 0 fully saturated rings.